The molecule has 0 radical (unpaired) electrons. The number of carbonyl (C=O) groups excluding carboxylic acids is 2. The Kier molecular flexibility index (Phi) is 3.21. The minimum atomic E-state index is -0.762. The van der Waals surface area contributed by atoms with Crippen molar-refractivity contribution in [3.05, 3.63) is 11.8 Å². The van der Waals surface area contributed by atoms with E-state index in [1.807, 2.05) is 13.8 Å². The molecule has 4 nitrogen and oxygen atoms in total. The minimum absolute atomic E-state index is 0.103. The minimum Gasteiger partial charge on any atom is -0.434 e. The predicted molar refractivity (Wildman–Crippen MR) is 52.9 cm³/mol. The molecule has 14 heavy (non-hydrogen) atoms. The lowest BCUT2D eigenvalue weighted by molar-refractivity contribution is -0.106. The molecule has 78 valence electrons. The number of hydrogen-bond acceptors (Lipinski definition) is 5. The van der Waals surface area contributed by atoms with Crippen LogP contribution in [0.15, 0.2) is 11.8 Å². The monoisotopic (exact) mass is 216 g/mol. The van der Waals surface area contributed by atoms with E-state index in [1.54, 1.807) is 6.92 Å². The normalized spacial score (nSPS) is 19.1. The molecular formula is C9H12O4S. The first kappa shape index (κ1) is 11.1. The summed E-state index contributed by atoms with van der Waals surface area (Å²) in [5.41, 5.74) is 0. The van der Waals surface area contributed by atoms with Crippen molar-refractivity contribution in [1.82, 2.24) is 0 Å². The van der Waals surface area contributed by atoms with Gasteiger partial charge < -0.3 is 9.47 Å². The molecule has 1 aliphatic heterocycles. The summed E-state index contributed by atoms with van der Waals surface area (Å²) in [4.78, 5) is 22.1. The Labute approximate surface area is 86.6 Å². The predicted octanol–water partition coefficient (Wildman–Crippen LogP) is 2.10. The number of ether oxygens (including phenoxy) is 2. The van der Waals surface area contributed by atoms with Crippen LogP contribution in [0.5, 0.6) is 0 Å². The van der Waals surface area contributed by atoms with E-state index in [-0.39, 0.29) is 11.7 Å². The molecule has 0 spiro atoms. The third-order valence-corrected chi connectivity index (χ3v) is 2.68. The van der Waals surface area contributed by atoms with Crippen LogP contribution in [0, 0.1) is 0 Å². The first-order chi connectivity index (χ1) is 6.45. The van der Waals surface area contributed by atoms with Crippen LogP contribution in [0.1, 0.15) is 20.8 Å². The largest absolute Gasteiger partial charge is 0.513 e. The van der Waals surface area contributed by atoms with Crippen LogP contribution in [0.4, 0.5) is 4.79 Å². The summed E-state index contributed by atoms with van der Waals surface area (Å²) < 4.78 is 9.02. The Morgan fingerprint density at radius 3 is 2.64 bits per heavy atom. The molecule has 0 aliphatic carbocycles. The molecule has 0 bridgehead atoms. The average Bonchev–Trinajstić information content (AvgIpc) is 2.25. The Bertz CT molecular complexity index is 293. The van der Waals surface area contributed by atoms with Crippen molar-refractivity contribution in [2.24, 2.45) is 0 Å². The second-order valence-electron chi connectivity index (χ2n) is 3.23. The van der Waals surface area contributed by atoms with Gasteiger partial charge in [0.25, 0.3) is 0 Å². The van der Waals surface area contributed by atoms with E-state index in [1.165, 1.54) is 6.08 Å². The molecule has 0 aromatic heterocycles. The lowest BCUT2D eigenvalue weighted by atomic mass is 10.1. The standard InChI is InChI=1S/C9H12O4S/c1-4-12-8(11)13-6-5-7(10)14-9(6,2)3/h5H,4H2,1-3H3. The highest BCUT2D eigenvalue weighted by atomic mass is 32.2. The maximum absolute atomic E-state index is 11.1. The fourth-order valence-electron chi connectivity index (χ4n) is 1.00. The summed E-state index contributed by atoms with van der Waals surface area (Å²) in [6, 6.07) is 0. The number of thioether (sulfide) groups is 1. The molecule has 0 N–H and O–H groups in total. The molecule has 0 saturated heterocycles. The summed E-state index contributed by atoms with van der Waals surface area (Å²) in [5, 5.41) is -0.103. The van der Waals surface area contributed by atoms with Crippen LogP contribution in [0.3, 0.4) is 0 Å². The molecular weight excluding hydrogens is 204 g/mol. The Morgan fingerprint density at radius 1 is 1.57 bits per heavy atom. The molecule has 1 rings (SSSR count). The van der Waals surface area contributed by atoms with E-state index < -0.39 is 10.9 Å². The molecule has 0 aromatic rings. The molecule has 1 heterocycles. The Morgan fingerprint density at radius 2 is 2.21 bits per heavy atom. The van der Waals surface area contributed by atoms with Gasteiger partial charge in [0.1, 0.15) is 5.76 Å². The third kappa shape index (κ3) is 2.51. The number of rotatable bonds is 2. The summed E-state index contributed by atoms with van der Waals surface area (Å²) in [5.74, 6) is 0.353. The van der Waals surface area contributed by atoms with E-state index in [0.29, 0.717) is 5.76 Å². The first-order valence-corrected chi connectivity index (χ1v) is 5.07. The van der Waals surface area contributed by atoms with Crippen LogP contribution in [-0.2, 0) is 14.3 Å². The van der Waals surface area contributed by atoms with E-state index in [0.717, 1.165) is 11.8 Å². The Hall–Kier alpha value is -0.970. The van der Waals surface area contributed by atoms with Gasteiger partial charge in [-0.15, -0.1) is 0 Å². The van der Waals surface area contributed by atoms with Gasteiger partial charge in [-0.25, -0.2) is 4.79 Å². The van der Waals surface area contributed by atoms with Gasteiger partial charge in [-0.1, -0.05) is 11.8 Å². The van der Waals surface area contributed by atoms with E-state index >= 15 is 0 Å². The topological polar surface area (TPSA) is 52.6 Å². The van der Waals surface area contributed by atoms with Crippen molar-refractivity contribution in [3.63, 3.8) is 0 Å². The molecule has 0 saturated carbocycles. The highest BCUT2D eigenvalue weighted by molar-refractivity contribution is 8.15. The fourth-order valence-corrected chi connectivity index (χ4v) is 1.87. The summed E-state index contributed by atoms with van der Waals surface area (Å²) in [6.45, 7) is 5.57. The molecule has 5 heteroatoms. The van der Waals surface area contributed by atoms with Crippen molar-refractivity contribution in [2.45, 2.75) is 25.5 Å². The van der Waals surface area contributed by atoms with Gasteiger partial charge in [0, 0.05) is 6.08 Å². The van der Waals surface area contributed by atoms with Gasteiger partial charge in [0.2, 0.25) is 5.12 Å². The highest BCUT2D eigenvalue weighted by Crippen LogP contribution is 2.39. The van der Waals surface area contributed by atoms with Crippen LogP contribution < -0.4 is 0 Å². The van der Waals surface area contributed by atoms with Crippen LogP contribution in [0.2, 0.25) is 0 Å². The van der Waals surface area contributed by atoms with Gasteiger partial charge >= 0.3 is 6.16 Å². The lowest BCUT2D eigenvalue weighted by Gasteiger charge is -2.18. The smallest absolute Gasteiger partial charge is 0.434 e. The van der Waals surface area contributed by atoms with Crippen molar-refractivity contribution >= 4 is 23.0 Å². The molecule has 0 fully saturated rings. The van der Waals surface area contributed by atoms with Crippen molar-refractivity contribution in [1.29, 1.82) is 0 Å². The summed E-state index contributed by atoms with van der Waals surface area (Å²) in [7, 11) is 0. The quantitative estimate of drug-likeness (QED) is 0.661. The van der Waals surface area contributed by atoms with E-state index in [4.69, 9.17) is 4.74 Å². The Balaban J connectivity index is 2.64. The van der Waals surface area contributed by atoms with Crippen molar-refractivity contribution in [2.75, 3.05) is 6.61 Å². The van der Waals surface area contributed by atoms with Gasteiger partial charge in [-0.3, -0.25) is 4.79 Å². The zero-order chi connectivity index (χ0) is 10.8. The van der Waals surface area contributed by atoms with E-state index in [9.17, 15) is 9.59 Å². The zero-order valence-corrected chi connectivity index (χ0v) is 9.14. The zero-order valence-electron chi connectivity index (χ0n) is 8.33. The summed E-state index contributed by atoms with van der Waals surface area (Å²) >= 11 is 1.13. The SMILES string of the molecule is CCOC(=O)OC1=CC(=O)SC1(C)C. The van der Waals surface area contributed by atoms with Crippen LogP contribution in [-0.4, -0.2) is 22.6 Å². The third-order valence-electron chi connectivity index (χ3n) is 1.65. The maximum Gasteiger partial charge on any atom is 0.513 e. The molecule has 1 aliphatic rings. The first-order valence-electron chi connectivity index (χ1n) is 4.25. The molecule has 0 aromatic carbocycles. The molecule has 0 atom stereocenters. The van der Waals surface area contributed by atoms with Crippen molar-refractivity contribution in [3.8, 4) is 0 Å². The van der Waals surface area contributed by atoms with Gasteiger partial charge in [-0.2, -0.15) is 0 Å². The molecule has 0 amide bonds. The van der Waals surface area contributed by atoms with Crippen molar-refractivity contribution < 1.29 is 19.1 Å². The lowest BCUT2D eigenvalue weighted by Crippen LogP contribution is -2.20. The highest BCUT2D eigenvalue weighted by Gasteiger charge is 2.36. The van der Waals surface area contributed by atoms with E-state index in [2.05, 4.69) is 4.74 Å². The second-order valence-corrected chi connectivity index (χ2v) is 4.85. The molecule has 0 unspecified atom stereocenters. The van der Waals surface area contributed by atoms with Crippen LogP contribution in [0.25, 0.3) is 0 Å². The average molecular weight is 216 g/mol. The van der Waals surface area contributed by atoms with Gasteiger partial charge in [0.15, 0.2) is 0 Å². The number of hydrogen-bond donors (Lipinski definition) is 0. The summed E-state index contributed by atoms with van der Waals surface area (Å²) in [6.07, 6.45) is 0.559. The van der Waals surface area contributed by atoms with Gasteiger partial charge in [-0.05, 0) is 20.8 Å². The maximum atomic E-state index is 11.1. The second kappa shape index (κ2) is 4.04. The van der Waals surface area contributed by atoms with Gasteiger partial charge in [0.05, 0.1) is 11.4 Å². The fraction of sp³-hybridized carbons (Fsp3) is 0.556. The number of carbonyl (C=O) groups is 2. The van der Waals surface area contributed by atoms with Crippen LogP contribution >= 0.6 is 11.8 Å².